The molecule has 0 radical (unpaired) electrons. The summed E-state index contributed by atoms with van der Waals surface area (Å²) in [5, 5.41) is 0. The van der Waals surface area contributed by atoms with Gasteiger partial charge in [0.2, 0.25) is 0 Å². The maximum atomic E-state index is 11.2. The Labute approximate surface area is 67.6 Å². The third kappa shape index (κ3) is 1.20. The number of carbonyl (C=O) groups is 1. The number of carbonyl (C=O) groups excluding carboxylic acids is 1. The van der Waals surface area contributed by atoms with Crippen molar-refractivity contribution in [2.75, 3.05) is 13.1 Å². The van der Waals surface area contributed by atoms with Gasteiger partial charge in [0.15, 0.2) is 0 Å². The van der Waals surface area contributed by atoms with E-state index in [-0.39, 0.29) is 0 Å². The summed E-state index contributed by atoms with van der Waals surface area (Å²) in [5.41, 5.74) is 0. The van der Waals surface area contributed by atoms with Crippen molar-refractivity contribution >= 4 is 5.78 Å². The lowest BCUT2D eigenvalue weighted by Crippen LogP contribution is -2.50. The first-order valence-corrected chi connectivity index (χ1v) is 4.53. The molecule has 2 fully saturated rings. The van der Waals surface area contributed by atoms with Crippen molar-refractivity contribution in [3.8, 4) is 0 Å². The van der Waals surface area contributed by atoms with Crippen LogP contribution < -0.4 is 0 Å². The van der Waals surface area contributed by atoms with Crippen LogP contribution in [-0.4, -0.2) is 29.8 Å². The number of hydrogen-bond donors (Lipinski definition) is 0. The largest absolute Gasteiger partial charge is 0.298 e. The van der Waals surface area contributed by atoms with Gasteiger partial charge in [0.05, 0.1) is 6.54 Å². The van der Waals surface area contributed by atoms with Crippen LogP contribution in [0.15, 0.2) is 0 Å². The molecule has 0 spiro atoms. The first-order valence-electron chi connectivity index (χ1n) is 4.53. The molecule has 3 atom stereocenters. The maximum absolute atomic E-state index is 11.2. The Kier molecular flexibility index (Phi) is 1.72. The summed E-state index contributed by atoms with van der Waals surface area (Å²) >= 11 is 0. The number of hydrogen-bond acceptors (Lipinski definition) is 2. The topological polar surface area (TPSA) is 20.3 Å². The zero-order valence-electron chi connectivity index (χ0n) is 7.05. The molecule has 2 aliphatic rings. The molecular formula is C9H15NO. The van der Waals surface area contributed by atoms with Crippen LogP contribution in [0.25, 0.3) is 0 Å². The summed E-state index contributed by atoms with van der Waals surface area (Å²) < 4.78 is 0. The van der Waals surface area contributed by atoms with Gasteiger partial charge >= 0.3 is 0 Å². The number of rotatable bonds is 0. The van der Waals surface area contributed by atoms with E-state index in [0.29, 0.717) is 17.7 Å². The Morgan fingerprint density at radius 1 is 1.55 bits per heavy atom. The normalized spacial score (nSPS) is 44.1. The van der Waals surface area contributed by atoms with E-state index in [1.807, 2.05) is 0 Å². The van der Waals surface area contributed by atoms with Crippen LogP contribution in [0.2, 0.25) is 0 Å². The fraction of sp³-hybridized carbons (Fsp3) is 0.889. The standard InChI is InChI=1S/C9H15NO/c1-7-8-3-2-4-10(7)6-9(11)5-8/h7-8H,2-6H2,1H3. The van der Waals surface area contributed by atoms with E-state index in [0.717, 1.165) is 19.5 Å². The van der Waals surface area contributed by atoms with Crippen molar-refractivity contribution in [2.24, 2.45) is 5.92 Å². The zero-order valence-corrected chi connectivity index (χ0v) is 7.05. The fourth-order valence-electron chi connectivity index (χ4n) is 2.38. The van der Waals surface area contributed by atoms with E-state index in [4.69, 9.17) is 0 Å². The van der Waals surface area contributed by atoms with Crippen LogP contribution in [0.4, 0.5) is 0 Å². The first-order chi connectivity index (χ1) is 5.27. The van der Waals surface area contributed by atoms with Crippen molar-refractivity contribution in [3.63, 3.8) is 0 Å². The second-order valence-corrected chi connectivity index (χ2v) is 3.86. The minimum absolute atomic E-state index is 0.452. The molecule has 2 aliphatic heterocycles. The quantitative estimate of drug-likeness (QED) is 0.518. The molecule has 2 saturated heterocycles. The molecule has 62 valence electrons. The van der Waals surface area contributed by atoms with E-state index in [1.165, 1.54) is 12.8 Å². The van der Waals surface area contributed by atoms with Gasteiger partial charge in [-0.2, -0.15) is 0 Å². The summed E-state index contributed by atoms with van der Waals surface area (Å²) in [6.07, 6.45) is 3.41. The van der Waals surface area contributed by atoms with E-state index in [2.05, 4.69) is 11.8 Å². The van der Waals surface area contributed by atoms with Crippen molar-refractivity contribution in [1.29, 1.82) is 0 Å². The number of piperidine rings is 2. The Morgan fingerprint density at radius 3 is 3.09 bits per heavy atom. The highest BCUT2D eigenvalue weighted by atomic mass is 16.1. The summed E-state index contributed by atoms with van der Waals surface area (Å²) in [7, 11) is 0. The minimum Gasteiger partial charge on any atom is -0.298 e. The SMILES string of the molecule is CC1C2CCCN1CC(=O)C2. The molecule has 0 N–H and O–H groups in total. The van der Waals surface area contributed by atoms with E-state index in [9.17, 15) is 4.79 Å². The molecule has 3 unspecified atom stereocenters. The van der Waals surface area contributed by atoms with Crippen LogP contribution in [0.5, 0.6) is 0 Å². The third-order valence-electron chi connectivity index (χ3n) is 3.15. The van der Waals surface area contributed by atoms with E-state index < -0.39 is 0 Å². The Morgan fingerprint density at radius 2 is 2.36 bits per heavy atom. The average molecular weight is 153 g/mol. The van der Waals surface area contributed by atoms with Gasteiger partial charge in [-0.25, -0.2) is 0 Å². The number of ketones is 1. The van der Waals surface area contributed by atoms with Gasteiger partial charge in [0, 0.05) is 12.5 Å². The van der Waals surface area contributed by atoms with Crippen LogP contribution in [0.1, 0.15) is 26.2 Å². The lowest BCUT2D eigenvalue weighted by molar-refractivity contribution is -0.127. The number of nitrogens with zero attached hydrogens (tertiary/aromatic N) is 1. The molecule has 0 aliphatic carbocycles. The smallest absolute Gasteiger partial charge is 0.147 e. The van der Waals surface area contributed by atoms with Crippen LogP contribution in [0.3, 0.4) is 0 Å². The van der Waals surface area contributed by atoms with Crippen LogP contribution in [-0.2, 0) is 4.79 Å². The van der Waals surface area contributed by atoms with Crippen molar-refractivity contribution in [2.45, 2.75) is 32.2 Å². The van der Waals surface area contributed by atoms with Gasteiger partial charge in [-0.1, -0.05) is 0 Å². The van der Waals surface area contributed by atoms with Crippen molar-refractivity contribution < 1.29 is 4.79 Å². The Balaban J connectivity index is 2.12. The predicted octanol–water partition coefficient (Wildman–Crippen LogP) is 1.06. The third-order valence-corrected chi connectivity index (χ3v) is 3.15. The Hall–Kier alpha value is -0.370. The molecule has 0 aromatic heterocycles. The molecule has 2 heteroatoms. The monoisotopic (exact) mass is 153 g/mol. The Bertz CT molecular complexity index is 162. The number of Topliss-reactive ketones (excluding diaryl/α,β-unsaturated/α-hetero) is 1. The molecule has 0 saturated carbocycles. The van der Waals surface area contributed by atoms with Crippen molar-refractivity contribution in [1.82, 2.24) is 4.90 Å². The summed E-state index contributed by atoms with van der Waals surface area (Å²) in [5.74, 6) is 1.12. The molecule has 0 amide bonds. The van der Waals surface area contributed by atoms with Gasteiger partial charge in [0.25, 0.3) is 0 Å². The highest BCUT2D eigenvalue weighted by Gasteiger charge is 2.34. The molecule has 11 heavy (non-hydrogen) atoms. The molecule has 2 bridgehead atoms. The predicted molar refractivity (Wildman–Crippen MR) is 43.4 cm³/mol. The summed E-state index contributed by atoms with van der Waals surface area (Å²) in [4.78, 5) is 13.5. The summed E-state index contributed by atoms with van der Waals surface area (Å²) in [6, 6.07) is 0.668. The minimum atomic E-state index is 0.452. The fourth-order valence-corrected chi connectivity index (χ4v) is 2.38. The van der Waals surface area contributed by atoms with Crippen molar-refractivity contribution in [3.05, 3.63) is 0 Å². The van der Waals surface area contributed by atoms with E-state index in [1.54, 1.807) is 0 Å². The van der Waals surface area contributed by atoms with Crippen LogP contribution in [0, 0.1) is 5.92 Å². The van der Waals surface area contributed by atoms with Gasteiger partial charge in [-0.05, 0) is 32.2 Å². The molecule has 2 rings (SSSR count). The van der Waals surface area contributed by atoms with Gasteiger partial charge < -0.3 is 0 Å². The van der Waals surface area contributed by atoms with Gasteiger partial charge in [-0.3, -0.25) is 9.69 Å². The highest BCUT2D eigenvalue weighted by Crippen LogP contribution is 2.29. The lowest BCUT2D eigenvalue weighted by atomic mass is 9.82. The lowest BCUT2D eigenvalue weighted by Gasteiger charge is -2.42. The first kappa shape index (κ1) is 7.29. The molecule has 2 heterocycles. The number of fused-ring (bicyclic) bond motifs is 2. The highest BCUT2D eigenvalue weighted by molar-refractivity contribution is 5.81. The second-order valence-electron chi connectivity index (χ2n) is 3.86. The zero-order chi connectivity index (χ0) is 7.84. The van der Waals surface area contributed by atoms with Gasteiger partial charge in [0.1, 0.15) is 5.78 Å². The molecular weight excluding hydrogens is 138 g/mol. The molecule has 0 aromatic carbocycles. The van der Waals surface area contributed by atoms with E-state index >= 15 is 0 Å². The molecule has 0 aromatic rings. The van der Waals surface area contributed by atoms with Crippen LogP contribution >= 0.6 is 0 Å². The summed E-state index contributed by atoms with van der Waals surface area (Å²) in [6.45, 7) is 4.12. The van der Waals surface area contributed by atoms with Gasteiger partial charge in [-0.15, -0.1) is 0 Å². The second kappa shape index (κ2) is 2.59. The maximum Gasteiger partial charge on any atom is 0.147 e. The average Bonchev–Trinajstić information content (AvgIpc) is 1.92. The molecule has 2 nitrogen and oxygen atoms in total.